The first kappa shape index (κ1) is 11.1. The van der Waals surface area contributed by atoms with E-state index in [1.54, 1.807) is 6.33 Å². The normalized spacial score (nSPS) is 12.6. The molecule has 0 bridgehead atoms. The first-order chi connectivity index (χ1) is 7.41. The van der Waals surface area contributed by atoms with Crippen LogP contribution in [0.15, 0.2) is 12.5 Å². The minimum Gasteiger partial charge on any atom is -0.343 e. The number of imidazole rings is 1. The molecular weight excluding hydrogens is 198 g/mol. The van der Waals surface area contributed by atoms with Gasteiger partial charge in [0.05, 0.1) is 23.1 Å². The zero-order valence-corrected chi connectivity index (χ0v) is 10.6. The van der Waals surface area contributed by atoms with Crippen LogP contribution in [-0.2, 0) is 5.41 Å². The molecule has 3 nitrogen and oxygen atoms in total. The molecule has 2 heterocycles. The third-order valence-corrected chi connectivity index (χ3v) is 2.81. The minimum absolute atomic E-state index is 0.0420. The Morgan fingerprint density at radius 2 is 1.88 bits per heavy atom. The van der Waals surface area contributed by atoms with Crippen LogP contribution >= 0.6 is 0 Å². The van der Waals surface area contributed by atoms with Gasteiger partial charge >= 0.3 is 0 Å². The van der Waals surface area contributed by atoms with Crippen LogP contribution in [0.1, 0.15) is 51.8 Å². The van der Waals surface area contributed by atoms with Crippen LogP contribution in [0.25, 0.3) is 11.0 Å². The molecule has 0 radical (unpaired) electrons. The summed E-state index contributed by atoms with van der Waals surface area (Å²) in [7, 11) is 0. The van der Waals surface area contributed by atoms with Crippen LogP contribution in [0.2, 0.25) is 0 Å². The van der Waals surface area contributed by atoms with Crippen LogP contribution in [0.5, 0.6) is 0 Å². The second kappa shape index (κ2) is 3.58. The van der Waals surface area contributed by atoms with Gasteiger partial charge in [-0.15, -0.1) is 0 Å². The Hall–Kier alpha value is -1.38. The number of aromatic amines is 1. The molecule has 2 aromatic heterocycles. The van der Waals surface area contributed by atoms with Crippen molar-refractivity contribution in [1.82, 2.24) is 15.0 Å². The van der Waals surface area contributed by atoms with Gasteiger partial charge in [0, 0.05) is 17.2 Å². The number of nitrogens with zero attached hydrogens (tertiary/aromatic N) is 2. The summed E-state index contributed by atoms with van der Waals surface area (Å²) < 4.78 is 0. The maximum Gasteiger partial charge on any atom is 0.0951 e. The van der Waals surface area contributed by atoms with Crippen LogP contribution in [-0.4, -0.2) is 15.0 Å². The Balaban J connectivity index is 2.74. The molecule has 0 saturated carbocycles. The van der Waals surface area contributed by atoms with Gasteiger partial charge in [-0.2, -0.15) is 0 Å². The Labute approximate surface area is 96.3 Å². The largest absolute Gasteiger partial charge is 0.343 e. The molecule has 0 saturated heterocycles. The van der Waals surface area contributed by atoms with Crippen LogP contribution in [0, 0.1) is 0 Å². The number of H-pyrrole nitrogens is 1. The fourth-order valence-corrected chi connectivity index (χ4v) is 1.94. The third-order valence-electron chi connectivity index (χ3n) is 2.81. The van der Waals surface area contributed by atoms with Gasteiger partial charge in [0.15, 0.2) is 0 Å². The molecule has 0 spiro atoms. The molecule has 0 aromatic carbocycles. The summed E-state index contributed by atoms with van der Waals surface area (Å²) in [6.07, 6.45) is 3.72. The van der Waals surface area contributed by atoms with Gasteiger partial charge in [0.2, 0.25) is 0 Å². The zero-order valence-electron chi connectivity index (χ0n) is 10.6. The van der Waals surface area contributed by atoms with E-state index in [2.05, 4.69) is 49.6 Å². The summed E-state index contributed by atoms with van der Waals surface area (Å²) in [6.45, 7) is 10.9. The second-order valence-corrected chi connectivity index (χ2v) is 5.59. The van der Waals surface area contributed by atoms with Crippen molar-refractivity contribution in [2.45, 2.75) is 46.0 Å². The van der Waals surface area contributed by atoms with E-state index in [9.17, 15) is 0 Å². The zero-order chi connectivity index (χ0) is 11.9. The third kappa shape index (κ3) is 1.70. The highest BCUT2D eigenvalue weighted by Crippen LogP contribution is 2.30. The molecule has 16 heavy (non-hydrogen) atoms. The minimum atomic E-state index is 0.0420. The number of fused-ring (bicyclic) bond motifs is 1. The predicted octanol–water partition coefficient (Wildman–Crippen LogP) is 3.38. The maximum absolute atomic E-state index is 4.60. The van der Waals surface area contributed by atoms with E-state index in [1.807, 2.05) is 6.20 Å². The van der Waals surface area contributed by atoms with E-state index in [4.69, 9.17) is 0 Å². The maximum atomic E-state index is 4.60. The highest BCUT2D eigenvalue weighted by Gasteiger charge is 2.21. The van der Waals surface area contributed by atoms with Crippen molar-refractivity contribution in [3.63, 3.8) is 0 Å². The molecule has 0 atom stereocenters. The van der Waals surface area contributed by atoms with Gasteiger partial charge < -0.3 is 4.98 Å². The molecule has 3 heteroatoms. The molecule has 1 N–H and O–H groups in total. The van der Waals surface area contributed by atoms with E-state index in [-0.39, 0.29) is 5.41 Å². The fraction of sp³-hybridized carbons (Fsp3) is 0.538. The lowest BCUT2D eigenvalue weighted by Gasteiger charge is -2.19. The van der Waals surface area contributed by atoms with Crippen molar-refractivity contribution in [1.29, 1.82) is 0 Å². The molecule has 2 rings (SSSR count). The Morgan fingerprint density at radius 3 is 2.44 bits per heavy atom. The monoisotopic (exact) mass is 217 g/mol. The Morgan fingerprint density at radius 1 is 1.19 bits per heavy atom. The highest BCUT2D eigenvalue weighted by molar-refractivity contribution is 5.81. The Bertz CT molecular complexity index is 503. The van der Waals surface area contributed by atoms with E-state index in [1.165, 1.54) is 5.56 Å². The van der Waals surface area contributed by atoms with Crippen molar-refractivity contribution in [3.8, 4) is 0 Å². The molecular formula is C13H19N3. The van der Waals surface area contributed by atoms with Crippen molar-refractivity contribution in [3.05, 3.63) is 23.8 Å². The average molecular weight is 217 g/mol. The molecule has 0 aliphatic carbocycles. The predicted molar refractivity (Wildman–Crippen MR) is 66.7 cm³/mol. The first-order valence-electron chi connectivity index (χ1n) is 5.73. The van der Waals surface area contributed by atoms with Gasteiger partial charge in [0.25, 0.3) is 0 Å². The standard InChI is InChI=1S/C13H19N3/c1-8(2)9-6-14-12(13(3,4)5)11-10(9)15-7-16-11/h6-8H,1-5H3,(H,15,16). The van der Waals surface area contributed by atoms with E-state index in [0.717, 1.165) is 16.7 Å². The van der Waals surface area contributed by atoms with Gasteiger partial charge in [-0.05, 0) is 5.92 Å². The Kier molecular flexibility index (Phi) is 2.49. The van der Waals surface area contributed by atoms with E-state index in [0.29, 0.717) is 5.92 Å². The number of hydrogen-bond donors (Lipinski definition) is 1. The summed E-state index contributed by atoms with van der Waals surface area (Å²) in [6, 6.07) is 0. The second-order valence-electron chi connectivity index (χ2n) is 5.59. The van der Waals surface area contributed by atoms with Crippen molar-refractivity contribution < 1.29 is 0 Å². The van der Waals surface area contributed by atoms with E-state index >= 15 is 0 Å². The van der Waals surface area contributed by atoms with Gasteiger partial charge in [-0.3, -0.25) is 4.98 Å². The molecule has 0 aliphatic heterocycles. The summed E-state index contributed by atoms with van der Waals surface area (Å²) in [4.78, 5) is 12.2. The lowest BCUT2D eigenvalue weighted by Crippen LogP contribution is -2.14. The number of nitrogens with one attached hydrogen (secondary N) is 1. The van der Waals surface area contributed by atoms with Gasteiger partial charge in [-0.25, -0.2) is 4.98 Å². The summed E-state index contributed by atoms with van der Waals surface area (Å²) in [5, 5.41) is 0. The smallest absolute Gasteiger partial charge is 0.0951 e. The van der Waals surface area contributed by atoms with Gasteiger partial charge in [-0.1, -0.05) is 34.6 Å². The molecule has 86 valence electrons. The number of pyridine rings is 1. The van der Waals surface area contributed by atoms with E-state index < -0.39 is 0 Å². The highest BCUT2D eigenvalue weighted by atomic mass is 14.9. The molecule has 0 aliphatic rings. The first-order valence-corrected chi connectivity index (χ1v) is 5.73. The molecule has 0 amide bonds. The van der Waals surface area contributed by atoms with Crippen molar-refractivity contribution in [2.75, 3.05) is 0 Å². The molecule has 2 aromatic rings. The number of hydrogen-bond acceptors (Lipinski definition) is 2. The van der Waals surface area contributed by atoms with Crippen LogP contribution in [0.3, 0.4) is 0 Å². The lowest BCUT2D eigenvalue weighted by atomic mass is 9.89. The van der Waals surface area contributed by atoms with Crippen molar-refractivity contribution >= 4 is 11.0 Å². The lowest BCUT2D eigenvalue weighted by molar-refractivity contribution is 0.573. The van der Waals surface area contributed by atoms with Gasteiger partial charge in [0.1, 0.15) is 0 Å². The molecule has 0 unspecified atom stereocenters. The van der Waals surface area contributed by atoms with Crippen LogP contribution in [0.4, 0.5) is 0 Å². The topological polar surface area (TPSA) is 41.6 Å². The number of rotatable bonds is 1. The number of aromatic nitrogens is 3. The SMILES string of the molecule is CC(C)c1cnc(C(C)(C)C)c2[nH]cnc12. The average Bonchev–Trinajstić information content (AvgIpc) is 2.61. The van der Waals surface area contributed by atoms with Crippen LogP contribution < -0.4 is 0 Å². The summed E-state index contributed by atoms with van der Waals surface area (Å²) >= 11 is 0. The quantitative estimate of drug-likeness (QED) is 0.795. The fourth-order valence-electron chi connectivity index (χ4n) is 1.94. The molecule has 0 fully saturated rings. The summed E-state index contributed by atoms with van der Waals surface area (Å²) in [5.74, 6) is 0.451. The summed E-state index contributed by atoms with van der Waals surface area (Å²) in [5.41, 5.74) is 4.49. The van der Waals surface area contributed by atoms with Crippen molar-refractivity contribution in [2.24, 2.45) is 0 Å².